The second-order valence-electron chi connectivity index (χ2n) is 9.46. The molecule has 0 saturated heterocycles. The van der Waals surface area contributed by atoms with E-state index in [0.717, 1.165) is 36.0 Å². The number of Topliss-reactive ketones (excluding diaryl/α,β-unsaturated/α-hetero) is 1. The minimum atomic E-state index is -0.639. The molecule has 0 saturated carbocycles. The largest absolute Gasteiger partial charge is 0.460 e. The molecule has 3 rings (SSSR count). The summed E-state index contributed by atoms with van der Waals surface area (Å²) in [5, 5.41) is 10.6. The summed E-state index contributed by atoms with van der Waals surface area (Å²) in [5.41, 5.74) is 4.85. The Balaban J connectivity index is 1.49. The fraction of sp³-hybridized carbons (Fsp3) is 0.429. The smallest absolute Gasteiger partial charge is 0.306 e. The maximum Gasteiger partial charge on any atom is 0.306 e. The van der Waals surface area contributed by atoms with Gasteiger partial charge in [0.1, 0.15) is 5.60 Å². The topological polar surface area (TPSA) is 63.6 Å². The standard InChI is InChI=1S/C28H34O4/c1-28(2,3)32-27(31)13-7-5-4-6-12-24-20(15-17-26(24)30)14-16-25(29)23-18-21-10-8-9-11-22(21)19-23/h4-5,8-11,14,16,18,25,29H,6-7,12-13,15,17,19H2,1-3H3/t25-/m1/s1. The third kappa shape index (κ3) is 6.89. The lowest BCUT2D eigenvalue weighted by Crippen LogP contribution is -2.23. The number of carbonyl (C=O) groups excluding carboxylic acids is 2. The van der Waals surface area contributed by atoms with Crippen LogP contribution in [-0.4, -0.2) is 28.6 Å². The Morgan fingerprint density at radius 1 is 1.16 bits per heavy atom. The van der Waals surface area contributed by atoms with Gasteiger partial charge >= 0.3 is 5.97 Å². The Kier molecular flexibility index (Phi) is 8.03. The molecule has 2 aliphatic carbocycles. The van der Waals surface area contributed by atoms with E-state index < -0.39 is 11.7 Å². The zero-order chi connectivity index (χ0) is 23.1. The first-order chi connectivity index (χ1) is 15.2. The molecular weight excluding hydrogens is 400 g/mol. The number of allylic oxidation sites excluding steroid dienone is 5. The van der Waals surface area contributed by atoms with Gasteiger partial charge < -0.3 is 9.84 Å². The van der Waals surface area contributed by atoms with Crippen molar-refractivity contribution < 1.29 is 19.4 Å². The maximum absolute atomic E-state index is 12.3. The van der Waals surface area contributed by atoms with Crippen molar-refractivity contribution >= 4 is 17.8 Å². The molecule has 0 aliphatic heterocycles. The average molecular weight is 435 g/mol. The number of hydrogen-bond donors (Lipinski definition) is 1. The van der Waals surface area contributed by atoms with Gasteiger partial charge in [-0.1, -0.05) is 54.6 Å². The van der Waals surface area contributed by atoms with E-state index in [9.17, 15) is 14.7 Å². The highest BCUT2D eigenvalue weighted by atomic mass is 16.6. The molecular formula is C28H34O4. The van der Waals surface area contributed by atoms with Crippen LogP contribution in [-0.2, 0) is 20.7 Å². The summed E-state index contributed by atoms with van der Waals surface area (Å²) in [6.45, 7) is 5.59. The molecule has 0 unspecified atom stereocenters. The van der Waals surface area contributed by atoms with Crippen molar-refractivity contribution in [3.63, 3.8) is 0 Å². The molecule has 0 bridgehead atoms. The highest BCUT2D eigenvalue weighted by Crippen LogP contribution is 2.30. The van der Waals surface area contributed by atoms with E-state index in [4.69, 9.17) is 4.74 Å². The first-order valence-electron chi connectivity index (χ1n) is 11.5. The van der Waals surface area contributed by atoms with E-state index >= 15 is 0 Å². The number of ether oxygens (including phenoxy) is 1. The molecule has 4 heteroatoms. The van der Waals surface area contributed by atoms with Crippen molar-refractivity contribution in [3.05, 3.63) is 76.4 Å². The van der Waals surface area contributed by atoms with E-state index in [1.54, 1.807) is 0 Å². The number of hydrogen-bond acceptors (Lipinski definition) is 4. The highest BCUT2D eigenvalue weighted by molar-refractivity contribution is 5.99. The third-order valence-electron chi connectivity index (χ3n) is 5.66. The zero-order valence-corrected chi connectivity index (χ0v) is 19.4. The molecule has 0 aromatic heterocycles. The molecule has 4 nitrogen and oxygen atoms in total. The van der Waals surface area contributed by atoms with Crippen LogP contribution in [0.1, 0.15) is 70.4 Å². The fourth-order valence-corrected chi connectivity index (χ4v) is 4.10. The highest BCUT2D eigenvalue weighted by Gasteiger charge is 2.22. The van der Waals surface area contributed by atoms with Crippen molar-refractivity contribution in [1.29, 1.82) is 0 Å². The molecule has 32 heavy (non-hydrogen) atoms. The van der Waals surface area contributed by atoms with Gasteiger partial charge in [0.2, 0.25) is 0 Å². The number of aliphatic hydroxyl groups excluding tert-OH is 1. The monoisotopic (exact) mass is 434 g/mol. The summed E-state index contributed by atoms with van der Waals surface area (Å²) in [7, 11) is 0. The normalized spacial score (nSPS) is 17.4. The second kappa shape index (κ2) is 10.7. The van der Waals surface area contributed by atoms with Crippen LogP contribution in [0.2, 0.25) is 0 Å². The van der Waals surface area contributed by atoms with Crippen LogP contribution in [0, 0.1) is 0 Å². The summed E-state index contributed by atoms with van der Waals surface area (Å²) >= 11 is 0. The SMILES string of the molecule is CC(C)(C)OC(=O)CCC=CCCC1=C(C=C[C@@H](O)C2=Cc3ccccc3C2)CCC1=O. The minimum absolute atomic E-state index is 0.192. The van der Waals surface area contributed by atoms with Crippen LogP contribution in [0.5, 0.6) is 0 Å². The van der Waals surface area contributed by atoms with Gasteiger partial charge in [0, 0.05) is 12.8 Å². The Hall–Kier alpha value is -2.72. The van der Waals surface area contributed by atoms with E-state index in [0.29, 0.717) is 25.7 Å². The average Bonchev–Trinajstić information content (AvgIpc) is 3.31. The molecule has 0 radical (unpaired) electrons. The van der Waals surface area contributed by atoms with Gasteiger partial charge in [0.25, 0.3) is 0 Å². The number of aliphatic hydroxyl groups is 1. The molecule has 2 aliphatic rings. The van der Waals surface area contributed by atoms with Crippen LogP contribution in [0.3, 0.4) is 0 Å². The van der Waals surface area contributed by atoms with Gasteiger partial charge in [-0.15, -0.1) is 0 Å². The van der Waals surface area contributed by atoms with Gasteiger partial charge in [-0.3, -0.25) is 9.59 Å². The number of benzene rings is 1. The van der Waals surface area contributed by atoms with Gasteiger partial charge in [0.15, 0.2) is 5.78 Å². The first kappa shape index (κ1) is 23.9. The van der Waals surface area contributed by atoms with Crippen molar-refractivity contribution in [3.8, 4) is 0 Å². The Morgan fingerprint density at radius 3 is 2.66 bits per heavy atom. The summed E-state index contributed by atoms with van der Waals surface area (Å²) in [4.78, 5) is 24.1. The molecule has 1 aromatic rings. The summed E-state index contributed by atoms with van der Waals surface area (Å²) < 4.78 is 5.30. The second-order valence-corrected chi connectivity index (χ2v) is 9.46. The molecule has 170 valence electrons. The number of ketones is 1. The van der Waals surface area contributed by atoms with Crippen molar-refractivity contribution in [2.45, 2.75) is 77.4 Å². The molecule has 0 amide bonds. The fourth-order valence-electron chi connectivity index (χ4n) is 4.10. The van der Waals surface area contributed by atoms with Crippen LogP contribution >= 0.6 is 0 Å². The van der Waals surface area contributed by atoms with Crippen LogP contribution < -0.4 is 0 Å². The predicted molar refractivity (Wildman–Crippen MR) is 128 cm³/mol. The number of esters is 1. The maximum atomic E-state index is 12.3. The van der Waals surface area contributed by atoms with E-state index in [1.807, 2.05) is 57.2 Å². The molecule has 1 atom stereocenters. The summed E-state index contributed by atoms with van der Waals surface area (Å²) in [6.07, 6.45) is 13.7. The van der Waals surface area contributed by atoms with Gasteiger partial charge in [-0.05, 0) is 80.7 Å². The van der Waals surface area contributed by atoms with Crippen molar-refractivity contribution in [1.82, 2.24) is 0 Å². The van der Waals surface area contributed by atoms with E-state index in [2.05, 4.69) is 18.2 Å². The molecule has 0 fully saturated rings. The van der Waals surface area contributed by atoms with Crippen molar-refractivity contribution in [2.75, 3.05) is 0 Å². The quantitative estimate of drug-likeness (QED) is 0.402. The summed E-state index contributed by atoms with van der Waals surface area (Å²) in [6, 6.07) is 8.18. The third-order valence-corrected chi connectivity index (χ3v) is 5.66. The molecule has 0 spiro atoms. The lowest BCUT2D eigenvalue weighted by Gasteiger charge is -2.19. The number of rotatable bonds is 9. The Morgan fingerprint density at radius 2 is 1.91 bits per heavy atom. The molecule has 1 aromatic carbocycles. The lowest BCUT2D eigenvalue weighted by molar-refractivity contribution is -0.154. The first-order valence-corrected chi connectivity index (χ1v) is 11.5. The van der Waals surface area contributed by atoms with E-state index in [1.165, 1.54) is 11.1 Å². The summed E-state index contributed by atoms with van der Waals surface area (Å²) in [5.74, 6) is 0.0102. The number of carbonyl (C=O) groups is 2. The minimum Gasteiger partial charge on any atom is -0.460 e. The Labute approximate surface area is 191 Å². The zero-order valence-electron chi connectivity index (χ0n) is 19.4. The van der Waals surface area contributed by atoms with Crippen LogP contribution in [0.4, 0.5) is 0 Å². The van der Waals surface area contributed by atoms with E-state index in [-0.39, 0.29) is 11.8 Å². The van der Waals surface area contributed by atoms with Gasteiger partial charge in [-0.2, -0.15) is 0 Å². The van der Waals surface area contributed by atoms with Crippen molar-refractivity contribution in [2.24, 2.45) is 0 Å². The molecule has 0 heterocycles. The van der Waals surface area contributed by atoms with Gasteiger partial charge in [-0.25, -0.2) is 0 Å². The number of fused-ring (bicyclic) bond motifs is 1. The van der Waals surface area contributed by atoms with Gasteiger partial charge in [0.05, 0.1) is 6.10 Å². The van der Waals surface area contributed by atoms with Crippen LogP contribution in [0.25, 0.3) is 6.08 Å². The lowest BCUT2D eigenvalue weighted by atomic mass is 10.0. The Bertz CT molecular complexity index is 969. The van der Waals surface area contributed by atoms with Crippen LogP contribution in [0.15, 0.2) is 65.3 Å². The molecule has 1 N–H and O–H groups in total. The predicted octanol–water partition coefficient (Wildman–Crippen LogP) is 5.66.